The Morgan fingerprint density at radius 1 is 1.24 bits per heavy atom. The summed E-state index contributed by atoms with van der Waals surface area (Å²) in [6, 6.07) is 6.85. The van der Waals surface area contributed by atoms with Gasteiger partial charge in [-0.1, -0.05) is 11.6 Å². The predicted octanol–water partition coefficient (Wildman–Crippen LogP) is 2.31. The molecule has 0 spiro atoms. The molecule has 1 fully saturated rings. The maximum absolute atomic E-state index is 6.12. The lowest BCUT2D eigenvalue weighted by atomic mass is 10.0. The van der Waals surface area contributed by atoms with Crippen LogP contribution in [0.5, 0.6) is 0 Å². The van der Waals surface area contributed by atoms with Gasteiger partial charge in [-0.3, -0.25) is 0 Å². The molecule has 0 unspecified atom stereocenters. The number of rotatable bonds is 1. The second-order valence-corrected chi connectivity index (χ2v) is 5.36. The van der Waals surface area contributed by atoms with Crippen molar-refractivity contribution in [2.45, 2.75) is 18.9 Å². The molecule has 1 saturated heterocycles. The van der Waals surface area contributed by atoms with Gasteiger partial charge in [0.2, 0.25) is 0 Å². The molecule has 0 aliphatic carbocycles. The molecule has 4 heteroatoms. The molecule has 2 aliphatic heterocycles. The Morgan fingerprint density at radius 2 is 2.00 bits per heavy atom. The Bertz CT molecular complexity index is 415. The van der Waals surface area contributed by atoms with E-state index >= 15 is 0 Å². The Hall–Kier alpha value is -0.930. The third kappa shape index (κ3) is 1.98. The summed E-state index contributed by atoms with van der Waals surface area (Å²) in [7, 11) is 2.15. The first-order chi connectivity index (χ1) is 8.25. The van der Waals surface area contributed by atoms with Crippen LogP contribution in [-0.2, 0) is 0 Å². The van der Waals surface area contributed by atoms with Gasteiger partial charge in [-0.05, 0) is 44.1 Å². The van der Waals surface area contributed by atoms with Crippen LogP contribution in [0.1, 0.15) is 12.8 Å². The Labute approximate surface area is 107 Å². The van der Waals surface area contributed by atoms with Crippen molar-refractivity contribution >= 4 is 23.0 Å². The standard InChI is InChI=1S/C13H18ClN3/c1-16-9-17(11-4-6-15-7-5-11)13-8-10(14)2-3-12(13)16/h2-3,8,11,15H,4-7,9H2,1H3. The van der Waals surface area contributed by atoms with Crippen LogP contribution in [0.25, 0.3) is 0 Å². The summed E-state index contributed by atoms with van der Waals surface area (Å²) in [5.74, 6) is 0. The lowest BCUT2D eigenvalue weighted by molar-refractivity contribution is 0.435. The smallest absolute Gasteiger partial charge is 0.0904 e. The van der Waals surface area contributed by atoms with E-state index in [9.17, 15) is 0 Å². The minimum absolute atomic E-state index is 0.651. The fraction of sp³-hybridized carbons (Fsp3) is 0.538. The van der Waals surface area contributed by atoms with Crippen molar-refractivity contribution in [1.82, 2.24) is 5.32 Å². The van der Waals surface area contributed by atoms with Crippen LogP contribution in [0.2, 0.25) is 5.02 Å². The normalized spacial score (nSPS) is 20.8. The highest BCUT2D eigenvalue weighted by Crippen LogP contribution is 2.39. The van der Waals surface area contributed by atoms with Crippen LogP contribution in [0, 0.1) is 0 Å². The zero-order valence-corrected chi connectivity index (χ0v) is 10.9. The fourth-order valence-electron chi connectivity index (χ4n) is 2.86. The molecule has 0 amide bonds. The molecular weight excluding hydrogens is 234 g/mol. The van der Waals surface area contributed by atoms with Gasteiger partial charge in [0.1, 0.15) is 0 Å². The predicted molar refractivity (Wildman–Crippen MR) is 73.1 cm³/mol. The third-order valence-corrected chi connectivity index (χ3v) is 4.01. The van der Waals surface area contributed by atoms with Gasteiger partial charge >= 0.3 is 0 Å². The zero-order valence-electron chi connectivity index (χ0n) is 10.1. The Kier molecular flexibility index (Phi) is 2.89. The second kappa shape index (κ2) is 4.39. The number of nitrogens with zero attached hydrogens (tertiary/aromatic N) is 2. The molecule has 0 aromatic heterocycles. The van der Waals surface area contributed by atoms with E-state index in [0.29, 0.717) is 6.04 Å². The fourth-order valence-corrected chi connectivity index (χ4v) is 3.03. The van der Waals surface area contributed by atoms with Crippen LogP contribution in [0.3, 0.4) is 0 Å². The van der Waals surface area contributed by atoms with Crippen molar-refractivity contribution in [3.8, 4) is 0 Å². The molecule has 1 aromatic carbocycles. The molecule has 0 atom stereocenters. The molecule has 1 N–H and O–H groups in total. The Balaban J connectivity index is 1.91. The number of halogens is 1. The quantitative estimate of drug-likeness (QED) is 0.826. The SMILES string of the molecule is CN1CN(C2CCNCC2)c2cc(Cl)ccc21. The first-order valence-electron chi connectivity index (χ1n) is 6.24. The summed E-state index contributed by atoms with van der Waals surface area (Å²) in [6.07, 6.45) is 2.44. The van der Waals surface area contributed by atoms with Gasteiger partial charge in [-0.2, -0.15) is 0 Å². The van der Waals surface area contributed by atoms with Crippen LogP contribution < -0.4 is 15.1 Å². The number of anilines is 2. The molecular formula is C13H18ClN3. The van der Waals surface area contributed by atoms with Gasteiger partial charge in [0.25, 0.3) is 0 Å². The topological polar surface area (TPSA) is 18.5 Å². The molecule has 3 rings (SSSR count). The molecule has 2 heterocycles. The maximum atomic E-state index is 6.12. The summed E-state index contributed by atoms with van der Waals surface area (Å²) in [6.45, 7) is 3.24. The van der Waals surface area contributed by atoms with E-state index < -0.39 is 0 Å². The van der Waals surface area contributed by atoms with Crippen LogP contribution >= 0.6 is 11.6 Å². The molecule has 1 aromatic rings. The first-order valence-corrected chi connectivity index (χ1v) is 6.61. The van der Waals surface area contributed by atoms with Gasteiger partial charge in [0.05, 0.1) is 18.0 Å². The summed E-state index contributed by atoms with van der Waals surface area (Å²) >= 11 is 6.12. The number of benzene rings is 1. The van der Waals surface area contributed by atoms with Crippen molar-refractivity contribution in [2.75, 3.05) is 36.6 Å². The lowest BCUT2D eigenvalue weighted by Crippen LogP contribution is -2.44. The highest BCUT2D eigenvalue weighted by molar-refractivity contribution is 6.31. The van der Waals surface area contributed by atoms with E-state index in [1.807, 2.05) is 6.07 Å². The molecule has 0 radical (unpaired) electrons. The second-order valence-electron chi connectivity index (χ2n) is 4.92. The maximum Gasteiger partial charge on any atom is 0.0904 e. The number of hydrogen-bond acceptors (Lipinski definition) is 3. The van der Waals surface area contributed by atoms with Gasteiger partial charge in [0.15, 0.2) is 0 Å². The van der Waals surface area contributed by atoms with Crippen molar-refractivity contribution < 1.29 is 0 Å². The molecule has 0 saturated carbocycles. The Morgan fingerprint density at radius 3 is 2.76 bits per heavy atom. The van der Waals surface area contributed by atoms with Gasteiger partial charge < -0.3 is 15.1 Å². The highest BCUT2D eigenvalue weighted by Gasteiger charge is 2.29. The van der Waals surface area contributed by atoms with Gasteiger partial charge in [-0.25, -0.2) is 0 Å². The largest absolute Gasteiger partial charge is 0.355 e. The van der Waals surface area contributed by atoms with Crippen molar-refractivity contribution in [3.63, 3.8) is 0 Å². The number of fused-ring (bicyclic) bond motifs is 1. The minimum atomic E-state index is 0.651. The van der Waals surface area contributed by atoms with Crippen molar-refractivity contribution in [2.24, 2.45) is 0 Å². The summed E-state index contributed by atoms with van der Waals surface area (Å²) in [4.78, 5) is 4.80. The van der Waals surface area contributed by atoms with E-state index in [1.54, 1.807) is 0 Å². The van der Waals surface area contributed by atoms with Crippen LogP contribution in [0.4, 0.5) is 11.4 Å². The third-order valence-electron chi connectivity index (χ3n) is 3.77. The van der Waals surface area contributed by atoms with Crippen LogP contribution in [0.15, 0.2) is 18.2 Å². The van der Waals surface area contributed by atoms with E-state index in [4.69, 9.17) is 11.6 Å². The first kappa shape index (κ1) is 11.2. The number of nitrogens with one attached hydrogen (secondary N) is 1. The monoisotopic (exact) mass is 251 g/mol. The molecule has 0 bridgehead atoms. The summed E-state index contributed by atoms with van der Waals surface area (Å²) in [5, 5.41) is 4.25. The molecule has 92 valence electrons. The zero-order chi connectivity index (χ0) is 11.8. The van der Waals surface area contributed by atoms with E-state index in [1.165, 1.54) is 24.2 Å². The molecule has 3 nitrogen and oxygen atoms in total. The molecule has 2 aliphatic rings. The minimum Gasteiger partial charge on any atom is -0.355 e. The average molecular weight is 252 g/mol. The van der Waals surface area contributed by atoms with E-state index in [0.717, 1.165) is 24.8 Å². The van der Waals surface area contributed by atoms with E-state index in [2.05, 4.69) is 34.3 Å². The van der Waals surface area contributed by atoms with Crippen LogP contribution in [-0.4, -0.2) is 32.8 Å². The molecule has 17 heavy (non-hydrogen) atoms. The number of piperidine rings is 1. The van der Waals surface area contributed by atoms with Gasteiger partial charge in [0, 0.05) is 18.1 Å². The summed E-state index contributed by atoms with van der Waals surface area (Å²) < 4.78 is 0. The van der Waals surface area contributed by atoms with Crippen molar-refractivity contribution in [1.29, 1.82) is 0 Å². The summed E-state index contributed by atoms with van der Waals surface area (Å²) in [5.41, 5.74) is 2.60. The van der Waals surface area contributed by atoms with Gasteiger partial charge in [-0.15, -0.1) is 0 Å². The number of hydrogen-bond donors (Lipinski definition) is 1. The average Bonchev–Trinajstić information content (AvgIpc) is 2.67. The highest BCUT2D eigenvalue weighted by atomic mass is 35.5. The lowest BCUT2D eigenvalue weighted by Gasteiger charge is -2.33. The van der Waals surface area contributed by atoms with E-state index in [-0.39, 0.29) is 0 Å². The van der Waals surface area contributed by atoms with Crippen molar-refractivity contribution in [3.05, 3.63) is 23.2 Å².